The van der Waals surface area contributed by atoms with Gasteiger partial charge in [-0.05, 0) is 79.9 Å². The fourth-order valence-electron chi connectivity index (χ4n) is 3.42. The van der Waals surface area contributed by atoms with Gasteiger partial charge in [-0.25, -0.2) is 4.99 Å². The first-order valence-electron chi connectivity index (χ1n) is 9.95. The lowest BCUT2D eigenvalue weighted by molar-refractivity contribution is -0.113. The highest BCUT2D eigenvalue weighted by Gasteiger charge is 2.35. The Kier molecular flexibility index (Phi) is 5.60. The summed E-state index contributed by atoms with van der Waals surface area (Å²) in [7, 11) is 0. The topological polar surface area (TPSA) is 32.7 Å². The molecule has 3 aromatic rings. The molecule has 0 bridgehead atoms. The maximum atomic E-state index is 13.5. The minimum Gasteiger partial charge on any atom is -0.268 e. The van der Waals surface area contributed by atoms with Gasteiger partial charge in [-0.15, -0.1) is 0 Å². The van der Waals surface area contributed by atoms with Gasteiger partial charge in [0.15, 0.2) is 5.17 Å². The number of carbonyl (C=O) groups excluding carboxylic acids is 1. The molecule has 0 N–H and O–H groups in total. The third-order valence-electron chi connectivity index (χ3n) is 5.22. The van der Waals surface area contributed by atoms with Crippen molar-refractivity contribution in [3.8, 4) is 0 Å². The molecule has 1 aliphatic rings. The number of benzene rings is 3. The van der Waals surface area contributed by atoms with Crippen LogP contribution in [0, 0.1) is 27.7 Å². The zero-order chi connectivity index (χ0) is 21.3. The van der Waals surface area contributed by atoms with Gasteiger partial charge in [0.25, 0.3) is 5.91 Å². The van der Waals surface area contributed by atoms with Crippen LogP contribution in [0.2, 0.25) is 0 Å². The van der Waals surface area contributed by atoms with Crippen molar-refractivity contribution in [2.75, 3.05) is 4.90 Å². The zero-order valence-corrected chi connectivity index (χ0v) is 18.5. The molecule has 1 aliphatic heterocycles. The van der Waals surface area contributed by atoms with Crippen molar-refractivity contribution in [2.45, 2.75) is 27.7 Å². The molecule has 1 fully saturated rings. The second-order valence-electron chi connectivity index (χ2n) is 7.58. The Labute approximate surface area is 182 Å². The van der Waals surface area contributed by atoms with Crippen LogP contribution in [0.1, 0.15) is 27.8 Å². The Balaban J connectivity index is 1.84. The lowest BCUT2D eigenvalue weighted by atomic mass is 10.1. The van der Waals surface area contributed by atoms with Gasteiger partial charge in [0, 0.05) is 0 Å². The van der Waals surface area contributed by atoms with Crippen LogP contribution < -0.4 is 4.90 Å². The van der Waals surface area contributed by atoms with Crippen molar-refractivity contribution in [1.82, 2.24) is 0 Å². The molecule has 1 amide bonds. The van der Waals surface area contributed by atoms with E-state index in [1.54, 1.807) is 4.90 Å². The Morgan fingerprint density at radius 3 is 2.27 bits per heavy atom. The summed E-state index contributed by atoms with van der Waals surface area (Å²) < 4.78 is 0. The van der Waals surface area contributed by atoms with E-state index in [0.717, 1.165) is 33.6 Å². The number of nitrogens with zero attached hydrogens (tertiary/aromatic N) is 2. The van der Waals surface area contributed by atoms with Gasteiger partial charge in [-0.1, -0.05) is 60.2 Å². The largest absolute Gasteiger partial charge is 0.271 e. The maximum Gasteiger partial charge on any atom is 0.271 e. The molecule has 4 rings (SSSR count). The molecule has 1 heterocycles. The summed E-state index contributed by atoms with van der Waals surface area (Å²) in [6.45, 7) is 8.18. The lowest BCUT2D eigenvalue weighted by Crippen LogP contribution is -2.29. The van der Waals surface area contributed by atoms with Gasteiger partial charge < -0.3 is 0 Å². The number of amides is 1. The van der Waals surface area contributed by atoms with Crippen molar-refractivity contribution in [2.24, 2.45) is 4.99 Å². The van der Waals surface area contributed by atoms with Crippen molar-refractivity contribution in [1.29, 1.82) is 0 Å². The van der Waals surface area contributed by atoms with Crippen LogP contribution in [-0.4, -0.2) is 11.1 Å². The van der Waals surface area contributed by atoms with E-state index in [1.807, 2.05) is 68.5 Å². The minimum absolute atomic E-state index is 0.0393. The first kappa shape index (κ1) is 20.2. The smallest absolute Gasteiger partial charge is 0.268 e. The number of aliphatic imine (C=N–C) groups is 1. The molecular formula is C26H24N2OS. The number of aryl methyl sites for hydroxylation is 4. The number of rotatable bonds is 3. The SMILES string of the molecule is Cc1ccc(C)c(C=C2SC(=Nc3ccccc3C)N(c3ccccc3C)C2=O)c1. The molecule has 30 heavy (non-hydrogen) atoms. The Morgan fingerprint density at radius 1 is 0.833 bits per heavy atom. The third-order valence-corrected chi connectivity index (χ3v) is 6.18. The van der Waals surface area contributed by atoms with E-state index in [0.29, 0.717) is 10.1 Å². The Morgan fingerprint density at radius 2 is 1.53 bits per heavy atom. The summed E-state index contributed by atoms with van der Waals surface area (Å²) in [5.41, 5.74) is 7.24. The molecule has 1 saturated heterocycles. The minimum atomic E-state index is -0.0393. The molecule has 3 aromatic carbocycles. The molecular weight excluding hydrogens is 388 g/mol. The van der Waals surface area contributed by atoms with E-state index in [2.05, 4.69) is 32.0 Å². The van der Waals surface area contributed by atoms with E-state index >= 15 is 0 Å². The van der Waals surface area contributed by atoms with Gasteiger partial charge in [0.2, 0.25) is 0 Å². The average molecular weight is 413 g/mol. The summed E-state index contributed by atoms with van der Waals surface area (Å²) in [6.07, 6.45) is 1.99. The molecule has 4 heteroatoms. The summed E-state index contributed by atoms with van der Waals surface area (Å²) in [4.78, 5) is 20.8. The standard InChI is InChI=1S/C26H24N2OS/c1-17-13-14-18(2)21(15-17)16-24-25(29)28(23-12-8-6-10-20(23)4)26(30-24)27-22-11-7-5-9-19(22)3/h5-16H,1-4H3. The van der Waals surface area contributed by atoms with Gasteiger partial charge in [0.05, 0.1) is 16.3 Å². The number of thioether (sulfide) groups is 1. The van der Waals surface area contributed by atoms with Gasteiger partial charge >= 0.3 is 0 Å². The van der Waals surface area contributed by atoms with Gasteiger partial charge in [-0.3, -0.25) is 9.69 Å². The summed E-state index contributed by atoms with van der Waals surface area (Å²) >= 11 is 1.43. The molecule has 0 unspecified atom stereocenters. The molecule has 0 atom stereocenters. The highest BCUT2D eigenvalue weighted by molar-refractivity contribution is 8.19. The van der Waals surface area contributed by atoms with E-state index in [1.165, 1.54) is 17.3 Å². The monoisotopic (exact) mass is 412 g/mol. The van der Waals surface area contributed by atoms with Crippen LogP contribution in [0.25, 0.3) is 6.08 Å². The van der Waals surface area contributed by atoms with Crippen molar-refractivity contribution in [3.63, 3.8) is 0 Å². The van der Waals surface area contributed by atoms with Crippen molar-refractivity contribution in [3.05, 3.63) is 99.5 Å². The number of hydrogen-bond donors (Lipinski definition) is 0. The quantitative estimate of drug-likeness (QED) is 0.447. The van der Waals surface area contributed by atoms with Crippen molar-refractivity contribution >= 4 is 40.3 Å². The van der Waals surface area contributed by atoms with Gasteiger partial charge in [-0.2, -0.15) is 0 Å². The van der Waals surface area contributed by atoms with Crippen molar-refractivity contribution < 1.29 is 4.79 Å². The average Bonchev–Trinajstić information content (AvgIpc) is 3.02. The highest BCUT2D eigenvalue weighted by atomic mass is 32.2. The predicted molar refractivity (Wildman–Crippen MR) is 128 cm³/mol. The van der Waals surface area contributed by atoms with Crippen LogP contribution in [0.3, 0.4) is 0 Å². The van der Waals surface area contributed by atoms with Gasteiger partial charge in [0.1, 0.15) is 0 Å². The van der Waals surface area contributed by atoms with Crippen LogP contribution in [-0.2, 0) is 4.79 Å². The van der Waals surface area contributed by atoms with Crippen LogP contribution in [0.5, 0.6) is 0 Å². The fraction of sp³-hybridized carbons (Fsp3) is 0.154. The van der Waals surface area contributed by atoms with E-state index in [4.69, 9.17) is 4.99 Å². The summed E-state index contributed by atoms with van der Waals surface area (Å²) in [5, 5.41) is 0.681. The number of hydrogen-bond acceptors (Lipinski definition) is 3. The molecule has 0 spiro atoms. The normalized spacial score (nSPS) is 16.7. The van der Waals surface area contributed by atoms with Crippen LogP contribution in [0.15, 0.2) is 76.6 Å². The second kappa shape index (κ2) is 8.33. The molecule has 150 valence electrons. The van der Waals surface area contributed by atoms with Crippen LogP contribution >= 0.6 is 11.8 Å². The predicted octanol–water partition coefficient (Wildman–Crippen LogP) is 6.73. The summed E-state index contributed by atoms with van der Waals surface area (Å²) in [6, 6.07) is 22.2. The van der Waals surface area contributed by atoms with E-state index in [-0.39, 0.29) is 5.91 Å². The summed E-state index contributed by atoms with van der Waals surface area (Å²) in [5.74, 6) is -0.0393. The molecule has 3 nitrogen and oxygen atoms in total. The lowest BCUT2D eigenvalue weighted by Gasteiger charge is -2.18. The second-order valence-corrected chi connectivity index (χ2v) is 8.59. The molecule has 0 aromatic heterocycles. The maximum absolute atomic E-state index is 13.5. The molecule has 0 aliphatic carbocycles. The fourth-order valence-corrected chi connectivity index (χ4v) is 4.40. The number of amidine groups is 1. The number of carbonyl (C=O) groups is 1. The first-order chi connectivity index (χ1) is 14.4. The first-order valence-corrected chi connectivity index (χ1v) is 10.8. The number of anilines is 1. The zero-order valence-electron chi connectivity index (χ0n) is 17.6. The van der Waals surface area contributed by atoms with E-state index < -0.39 is 0 Å². The Hall–Kier alpha value is -3.11. The molecule has 0 radical (unpaired) electrons. The molecule has 0 saturated carbocycles. The highest BCUT2D eigenvalue weighted by Crippen LogP contribution is 2.39. The third kappa shape index (κ3) is 3.96. The Bertz CT molecular complexity index is 1190. The van der Waals surface area contributed by atoms with Crippen LogP contribution in [0.4, 0.5) is 11.4 Å². The number of para-hydroxylation sites is 2. The van der Waals surface area contributed by atoms with E-state index in [9.17, 15) is 4.79 Å².